The second-order valence-electron chi connectivity index (χ2n) is 2.79. The Balaban J connectivity index is 2.30. The molecule has 1 atom stereocenters. The molecule has 2 rings (SSSR count). The molecule has 12 heavy (non-hydrogen) atoms. The van der Waals surface area contributed by atoms with Crippen molar-refractivity contribution in [3.05, 3.63) is 12.4 Å². The van der Waals surface area contributed by atoms with Gasteiger partial charge in [0.2, 0.25) is 11.9 Å². The molecule has 1 unspecified atom stereocenters. The topological polar surface area (TPSA) is 72.9 Å². The fourth-order valence-electron chi connectivity index (χ4n) is 1.43. The molecule has 5 heteroatoms. The van der Waals surface area contributed by atoms with Gasteiger partial charge in [0.25, 0.3) is 0 Å². The zero-order chi connectivity index (χ0) is 8.55. The molecule has 0 aromatic carbocycles. The molecule has 1 aromatic heterocycles. The van der Waals surface area contributed by atoms with Gasteiger partial charge in [-0.25, -0.2) is 4.98 Å². The highest BCUT2D eigenvalue weighted by molar-refractivity contribution is 5.82. The minimum Gasteiger partial charge on any atom is -0.369 e. The smallest absolute Gasteiger partial charge is 0.243 e. The molecule has 0 radical (unpaired) electrons. The summed E-state index contributed by atoms with van der Waals surface area (Å²) in [5.74, 6) is 0.428. The number of aromatic nitrogens is 2. The zero-order valence-electron chi connectivity index (χ0n) is 6.53. The van der Waals surface area contributed by atoms with Gasteiger partial charge in [0.1, 0.15) is 6.04 Å². The lowest BCUT2D eigenvalue weighted by atomic mass is 10.2. The molecule has 64 valence electrons. The van der Waals surface area contributed by atoms with E-state index >= 15 is 0 Å². The molecule has 1 aliphatic rings. The number of nitrogens with one attached hydrogen (secondary N) is 1. The molecule has 1 aliphatic heterocycles. The maximum Gasteiger partial charge on any atom is 0.243 e. The molecule has 1 aromatic rings. The van der Waals surface area contributed by atoms with Gasteiger partial charge in [0.05, 0.1) is 0 Å². The Morgan fingerprint density at radius 2 is 2.58 bits per heavy atom. The Kier molecular flexibility index (Phi) is 1.49. The largest absolute Gasteiger partial charge is 0.369 e. The molecular formula is C7H10N4O. The summed E-state index contributed by atoms with van der Waals surface area (Å²) in [6.07, 6.45) is 4.12. The zero-order valence-corrected chi connectivity index (χ0v) is 6.53. The predicted octanol–water partition coefficient (Wildman–Crippen LogP) is -0.474. The Hall–Kier alpha value is -1.52. The van der Waals surface area contributed by atoms with Crippen molar-refractivity contribution in [2.45, 2.75) is 12.5 Å². The average Bonchev–Trinajstić information content (AvgIpc) is 2.59. The quantitative estimate of drug-likeness (QED) is 0.592. The molecule has 1 saturated heterocycles. The summed E-state index contributed by atoms with van der Waals surface area (Å²) >= 11 is 0. The highest BCUT2D eigenvalue weighted by Gasteiger charge is 2.26. The van der Waals surface area contributed by atoms with Crippen molar-refractivity contribution in [2.24, 2.45) is 0 Å². The van der Waals surface area contributed by atoms with E-state index in [0.29, 0.717) is 5.95 Å². The molecule has 2 heterocycles. The van der Waals surface area contributed by atoms with Gasteiger partial charge in [0, 0.05) is 18.9 Å². The van der Waals surface area contributed by atoms with Crippen LogP contribution in [0, 0.1) is 0 Å². The van der Waals surface area contributed by atoms with Gasteiger partial charge in [-0.15, -0.1) is 0 Å². The second kappa shape index (κ2) is 2.51. The first kappa shape index (κ1) is 7.15. The van der Waals surface area contributed by atoms with Crippen LogP contribution in [0.2, 0.25) is 0 Å². The van der Waals surface area contributed by atoms with Crippen LogP contribution >= 0.6 is 0 Å². The highest BCUT2D eigenvalue weighted by Crippen LogP contribution is 2.18. The van der Waals surface area contributed by atoms with Crippen molar-refractivity contribution in [3.8, 4) is 0 Å². The number of anilines is 1. The highest BCUT2D eigenvalue weighted by atomic mass is 16.2. The first-order chi connectivity index (χ1) is 5.79. The van der Waals surface area contributed by atoms with E-state index in [4.69, 9.17) is 5.73 Å². The minimum absolute atomic E-state index is 0.0275. The van der Waals surface area contributed by atoms with E-state index in [0.717, 1.165) is 13.0 Å². The van der Waals surface area contributed by atoms with Crippen molar-refractivity contribution >= 4 is 11.9 Å². The van der Waals surface area contributed by atoms with E-state index in [1.807, 2.05) is 0 Å². The van der Waals surface area contributed by atoms with Crippen molar-refractivity contribution in [1.29, 1.82) is 0 Å². The molecule has 0 bridgehead atoms. The molecular weight excluding hydrogens is 156 g/mol. The molecule has 0 spiro atoms. The maximum atomic E-state index is 11.2. The number of carbonyl (C=O) groups excluding carboxylic acids is 1. The minimum atomic E-state index is -0.160. The summed E-state index contributed by atoms with van der Waals surface area (Å²) in [5, 5.41) is 2.74. The number of nitrogens with two attached hydrogens (primary N) is 1. The van der Waals surface area contributed by atoms with Gasteiger partial charge in [-0.1, -0.05) is 0 Å². The van der Waals surface area contributed by atoms with Crippen molar-refractivity contribution in [2.75, 3.05) is 12.3 Å². The van der Waals surface area contributed by atoms with Crippen LogP contribution in [0.1, 0.15) is 12.5 Å². The number of amides is 1. The second-order valence-corrected chi connectivity index (χ2v) is 2.79. The number of carbonyl (C=O) groups is 1. The number of nitrogen functional groups attached to an aromatic ring is 1. The van der Waals surface area contributed by atoms with Crippen LogP contribution in [0.3, 0.4) is 0 Å². The number of hydrogen-bond donors (Lipinski definition) is 2. The summed E-state index contributed by atoms with van der Waals surface area (Å²) in [5.41, 5.74) is 5.55. The molecule has 1 fully saturated rings. The summed E-state index contributed by atoms with van der Waals surface area (Å²) < 4.78 is 1.70. The van der Waals surface area contributed by atoms with E-state index in [2.05, 4.69) is 10.3 Å². The van der Waals surface area contributed by atoms with E-state index in [1.54, 1.807) is 17.0 Å². The third-order valence-electron chi connectivity index (χ3n) is 2.05. The summed E-state index contributed by atoms with van der Waals surface area (Å²) in [6.45, 7) is 0.723. The number of nitrogens with zero attached hydrogens (tertiary/aromatic N) is 2. The van der Waals surface area contributed by atoms with Crippen LogP contribution in [0.5, 0.6) is 0 Å². The molecule has 1 amide bonds. The monoisotopic (exact) mass is 166 g/mol. The predicted molar refractivity (Wildman–Crippen MR) is 43.3 cm³/mol. The van der Waals surface area contributed by atoms with Gasteiger partial charge in [-0.2, -0.15) is 0 Å². The molecule has 0 aliphatic carbocycles. The lowest BCUT2D eigenvalue weighted by molar-refractivity contribution is -0.121. The molecule has 5 nitrogen and oxygen atoms in total. The van der Waals surface area contributed by atoms with Crippen LogP contribution in [0.4, 0.5) is 5.95 Å². The van der Waals surface area contributed by atoms with Gasteiger partial charge in [-0.3, -0.25) is 4.79 Å². The fourth-order valence-corrected chi connectivity index (χ4v) is 1.43. The Bertz CT molecular complexity index is 306. The maximum absolute atomic E-state index is 11.2. The standard InChI is InChI=1S/C7H10N4O/c8-7-10-3-4-11(7)5-1-2-9-6(5)12/h3-5H,1-2H2,(H2,8,10)(H,9,12). The lowest BCUT2D eigenvalue weighted by Crippen LogP contribution is -2.22. The SMILES string of the molecule is Nc1nccn1C1CCNC1=O. The Morgan fingerprint density at radius 3 is 3.08 bits per heavy atom. The summed E-state index contributed by atoms with van der Waals surface area (Å²) in [4.78, 5) is 15.1. The normalized spacial score (nSPS) is 22.7. The van der Waals surface area contributed by atoms with E-state index in [1.165, 1.54) is 0 Å². The van der Waals surface area contributed by atoms with Crippen LogP contribution in [-0.4, -0.2) is 22.0 Å². The number of hydrogen-bond acceptors (Lipinski definition) is 3. The summed E-state index contributed by atoms with van der Waals surface area (Å²) in [6, 6.07) is -0.160. The lowest BCUT2D eigenvalue weighted by Gasteiger charge is -2.09. The fraction of sp³-hybridized carbons (Fsp3) is 0.429. The van der Waals surface area contributed by atoms with E-state index < -0.39 is 0 Å². The number of rotatable bonds is 1. The Labute approximate surface area is 69.6 Å². The van der Waals surface area contributed by atoms with Crippen molar-refractivity contribution in [3.63, 3.8) is 0 Å². The van der Waals surface area contributed by atoms with Gasteiger partial charge < -0.3 is 15.6 Å². The van der Waals surface area contributed by atoms with Crippen molar-refractivity contribution in [1.82, 2.24) is 14.9 Å². The van der Waals surface area contributed by atoms with Crippen LogP contribution < -0.4 is 11.1 Å². The molecule has 3 N–H and O–H groups in total. The van der Waals surface area contributed by atoms with E-state index in [9.17, 15) is 4.79 Å². The third-order valence-corrected chi connectivity index (χ3v) is 2.05. The summed E-state index contributed by atoms with van der Waals surface area (Å²) in [7, 11) is 0. The van der Waals surface area contributed by atoms with Crippen molar-refractivity contribution < 1.29 is 4.79 Å². The van der Waals surface area contributed by atoms with Crippen LogP contribution in [0.25, 0.3) is 0 Å². The first-order valence-electron chi connectivity index (χ1n) is 3.85. The van der Waals surface area contributed by atoms with Crippen LogP contribution in [-0.2, 0) is 4.79 Å². The third kappa shape index (κ3) is 0.939. The Morgan fingerprint density at radius 1 is 1.75 bits per heavy atom. The average molecular weight is 166 g/mol. The van der Waals surface area contributed by atoms with Gasteiger partial charge >= 0.3 is 0 Å². The number of imidazole rings is 1. The first-order valence-corrected chi connectivity index (χ1v) is 3.85. The van der Waals surface area contributed by atoms with Gasteiger partial charge in [0.15, 0.2) is 0 Å². The van der Waals surface area contributed by atoms with Gasteiger partial charge in [-0.05, 0) is 6.42 Å². The molecule has 0 saturated carbocycles. The van der Waals surface area contributed by atoms with Crippen LogP contribution in [0.15, 0.2) is 12.4 Å². The van der Waals surface area contributed by atoms with E-state index in [-0.39, 0.29) is 11.9 Å².